The summed E-state index contributed by atoms with van der Waals surface area (Å²) < 4.78 is 6.86. The Morgan fingerprint density at radius 2 is 1.94 bits per heavy atom. The van der Waals surface area contributed by atoms with E-state index < -0.39 is 5.60 Å². The number of ether oxygens (including phenoxy) is 1. The molecule has 3 heteroatoms. The van der Waals surface area contributed by atoms with Crippen molar-refractivity contribution in [2.45, 2.75) is 26.4 Å². The standard InChI is InChI=1S/C14H16NO2/c1-10-9-11-7-5-6-8-12(11)15(10)13(16)17-14(2,3)4/h5-9H,1H2,2-4H3/q+1. The maximum absolute atomic E-state index is 12.1. The van der Waals surface area contributed by atoms with Crippen LogP contribution in [0.1, 0.15) is 20.8 Å². The van der Waals surface area contributed by atoms with E-state index in [2.05, 4.69) is 6.58 Å². The van der Waals surface area contributed by atoms with Gasteiger partial charge in [-0.25, -0.2) is 0 Å². The van der Waals surface area contributed by atoms with Gasteiger partial charge < -0.3 is 4.74 Å². The summed E-state index contributed by atoms with van der Waals surface area (Å²) in [6.45, 7) is 9.41. The molecule has 1 amide bonds. The minimum absolute atomic E-state index is 0.385. The summed E-state index contributed by atoms with van der Waals surface area (Å²) >= 11 is 0. The van der Waals surface area contributed by atoms with Crippen molar-refractivity contribution >= 4 is 12.2 Å². The third-order valence-electron chi connectivity index (χ3n) is 2.36. The van der Waals surface area contributed by atoms with E-state index in [1.165, 1.54) is 4.58 Å². The zero-order valence-electron chi connectivity index (χ0n) is 10.4. The molecule has 0 unspecified atom stereocenters. The lowest BCUT2D eigenvalue weighted by Crippen LogP contribution is -2.40. The number of rotatable bonds is 0. The molecule has 3 nitrogen and oxygen atoms in total. The summed E-state index contributed by atoms with van der Waals surface area (Å²) in [6, 6.07) is 7.66. The fraction of sp³-hybridized carbons (Fsp3) is 0.286. The number of hydrogen-bond acceptors (Lipinski definition) is 2. The summed E-state index contributed by atoms with van der Waals surface area (Å²) in [4.78, 5) is 12.1. The minimum Gasteiger partial charge on any atom is -0.406 e. The number of allylic oxidation sites excluding steroid dienone is 1. The maximum atomic E-state index is 12.1. The average Bonchev–Trinajstić information content (AvgIpc) is 2.50. The first-order chi connectivity index (χ1) is 7.88. The first kappa shape index (κ1) is 11.6. The number of fused-ring (bicyclic) bond motifs is 1. The highest BCUT2D eigenvalue weighted by molar-refractivity contribution is 5.76. The van der Waals surface area contributed by atoms with Gasteiger partial charge in [0.25, 0.3) is 0 Å². The molecule has 88 valence electrons. The second kappa shape index (κ2) is 3.84. The van der Waals surface area contributed by atoms with E-state index >= 15 is 0 Å². The highest BCUT2D eigenvalue weighted by atomic mass is 16.6. The van der Waals surface area contributed by atoms with Crippen LogP contribution in [0.5, 0.6) is 0 Å². The lowest BCUT2D eigenvalue weighted by molar-refractivity contribution is 0.0510. The van der Waals surface area contributed by atoms with E-state index in [4.69, 9.17) is 4.74 Å². The van der Waals surface area contributed by atoms with Crippen LogP contribution < -0.4 is 15.2 Å². The Hall–Kier alpha value is -1.90. The van der Waals surface area contributed by atoms with Crippen molar-refractivity contribution in [3.05, 3.63) is 47.1 Å². The van der Waals surface area contributed by atoms with Gasteiger partial charge in [-0.05, 0) is 33.4 Å². The molecular weight excluding hydrogens is 214 g/mol. The van der Waals surface area contributed by atoms with Gasteiger partial charge in [0.2, 0.25) is 11.1 Å². The van der Waals surface area contributed by atoms with Crippen molar-refractivity contribution in [1.29, 1.82) is 0 Å². The summed E-state index contributed by atoms with van der Waals surface area (Å²) in [6.07, 6.45) is 1.49. The second-order valence-corrected chi connectivity index (χ2v) is 5.01. The molecule has 1 aromatic rings. The predicted molar refractivity (Wildman–Crippen MR) is 66.8 cm³/mol. The third kappa shape index (κ3) is 2.28. The van der Waals surface area contributed by atoms with E-state index in [0.717, 1.165) is 10.6 Å². The molecule has 0 saturated carbocycles. The molecule has 0 radical (unpaired) electrons. The van der Waals surface area contributed by atoms with Crippen LogP contribution in [-0.4, -0.2) is 11.7 Å². The Kier molecular flexibility index (Phi) is 2.62. The normalized spacial score (nSPS) is 14.3. The fourth-order valence-electron chi connectivity index (χ4n) is 1.74. The molecule has 0 aliphatic carbocycles. The van der Waals surface area contributed by atoms with Crippen LogP contribution in [0, 0.1) is 0 Å². The van der Waals surface area contributed by atoms with Crippen molar-refractivity contribution in [1.82, 2.24) is 4.58 Å². The van der Waals surface area contributed by atoms with Gasteiger partial charge >= 0.3 is 6.09 Å². The van der Waals surface area contributed by atoms with E-state index in [1.54, 1.807) is 0 Å². The van der Waals surface area contributed by atoms with Crippen molar-refractivity contribution in [2.75, 3.05) is 0 Å². The molecule has 0 atom stereocenters. The Labute approximate surface area is 100 Å². The van der Waals surface area contributed by atoms with Crippen LogP contribution in [0.3, 0.4) is 0 Å². The molecule has 0 bridgehead atoms. The molecule has 0 spiro atoms. The molecule has 17 heavy (non-hydrogen) atoms. The molecule has 0 N–H and O–H groups in total. The smallest absolute Gasteiger partial charge is 0.406 e. The van der Waals surface area contributed by atoms with Crippen LogP contribution in [0.15, 0.2) is 36.5 Å². The number of para-hydroxylation sites is 1. The van der Waals surface area contributed by atoms with Crippen molar-refractivity contribution in [3.63, 3.8) is 0 Å². The Balaban J connectivity index is 2.51. The highest BCUT2D eigenvalue weighted by Crippen LogP contribution is 2.09. The number of hydrogen-bond donors (Lipinski definition) is 0. The van der Waals surface area contributed by atoms with Crippen molar-refractivity contribution < 1.29 is 9.53 Å². The summed E-state index contributed by atoms with van der Waals surface area (Å²) in [5.74, 6) is 0. The largest absolute Gasteiger partial charge is 0.603 e. The summed E-state index contributed by atoms with van der Waals surface area (Å²) in [7, 11) is 0. The number of carbonyl (C=O) groups excluding carboxylic acids is 1. The van der Waals surface area contributed by atoms with Gasteiger partial charge in [0.1, 0.15) is 5.60 Å². The molecule has 1 aliphatic heterocycles. The maximum Gasteiger partial charge on any atom is 0.603 e. The Morgan fingerprint density at radius 3 is 2.59 bits per heavy atom. The molecule has 2 rings (SSSR count). The van der Waals surface area contributed by atoms with Crippen molar-refractivity contribution in [3.8, 4) is 0 Å². The molecular formula is C14H16NO2+. The highest BCUT2D eigenvalue weighted by Gasteiger charge is 2.31. The molecule has 0 aromatic heterocycles. The van der Waals surface area contributed by atoms with Gasteiger partial charge in [0, 0.05) is 12.1 Å². The lowest BCUT2D eigenvalue weighted by Gasteiger charge is -2.16. The molecule has 0 fully saturated rings. The van der Waals surface area contributed by atoms with Crippen LogP contribution in [0.4, 0.5) is 4.79 Å². The fourth-order valence-corrected chi connectivity index (χ4v) is 1.74. The van der Waals surface area contributed by atoms with Crippen LogP contribution in [0.2, 0.25) is 0 Å². The van der Waals surface area contributed by atoms with Gasteiger partial charge in [-0.2, -0.15) is 4.79 Å². The molecule has 1 aliphatic rings. The SMILES string of the molecule is C=C1C=c2ccccc2=[N+]1C(=O)OC(C)(C)C. The first-order valence-corrected chi connectivity index (χ1v) is 5.54. The van der Waals surface area contributed by atoms with E-state index in [0.29, 0.717) is 5.70 Å². The van der Waals surface area contributed by atoms with Crippen LogP contribution >= 0.6 is 0 Å². The van der Waals surface area contributed by atoms with Crippen LogP contribution in [-0.2, 0) is 4.74 Å². The number of amides is 1. The second-order valence-electron chi connectivity index (χ2n) is 5.01. The zero-order valence-corrected chi connectivity index (χ0v) is 10.4. The summed E-state index contributed by atoms with van der Waals surface area (Å²) in [5.41, 5.74) is 0.134. The van der Waals surface area contributed by atoms with E-state index in [-0.39, 0.29) is 6.09 Å². The minimum atomic E-state index is -0.505. The Morgan fingerprint density at radius 1 is 1.29 bits per heavy atom. The van der Waals surface area contributed by atoms with Crippen molar-refractivity contribution in [2.24, 2.45) is 0 Å². The monoisotopic (exact) mass is 230 g/mol. The molecule has 1 heterocycles. The van der Waals surface area contributed by atoms with E-state index in [1.807, 2.05) is 51.1 Å². The van der Waals surface area contributed by atoms with Crippen LogP contribution in [0.25, 0.3) is 6.08 Å². The van der Waals surface area contributed by atoms with Gasteiger partial charge in [0.05, 0.1) is 5.22 Å². The van der Waals surface area contributed by atoms with Gasteiger partial charge in [-0.3, -0.25) is 0 Å². The van der Waals surface area contributed by atoms with Gasteiger partial charge in [-0.1, -0.05) is 16.7 Å². The number of nitrogens with zero attached hydrogens (tertiary/aromatic N) is 1. The topological polar surface area (TPSA) is 29.3 Å². The lowest BCUT2D eigenvalue weighted by atomic mass is 10.2. The van der Waals surface area contributed by atoms with Gasteiger partial charge in [0.15, 0.2) is 0 Å². The number of benzene rings is 1. The Bertz CT molecular complexity index is 606. The zero-order chi connectivity index (χ0) is 12.6. The third-order valence-corrected chi connectivity index (χ3v) is 2.36. The average molecular weight is 230 g/mol. The summed E-state index contributed by atoms with van der Waals surface area (Å²) in [5, 5.41) is 1.81. The molecule has 1 aromatic carbocycles. The molecule has 0 saturated heterocycles. The number of carbonyl (C=O) groups is 1. The van der Waals surface area contributed by atoms with Gasteiger partial charge in [-0.15, -0.1) is 0 Å². The first-order valence-electron chi connectivity index (χ1n) is 5.54. The van der Waals surface area contributed by atoms with E-state index in [9.17, 15) is 4.79 Å². The predicted octanol–water partition coefficient (Wildman–Crippen LogP) is 1.42. The quantitative estimate of drug-likeness (QED) is 0.631.